The fourth-order valence-corrected chi connectivity index (χ4v) is 2.83. The predicted octanol–water partition coefficient (Wildman–Crippen LogP) is 0.465. The van der Waals surface area contributed by atoms with Crippen molar-refractivity contribution in [3.8, 4) is 0 Å². The Morgan fingerprint density at radius 1 is 1.47 bits per heavy atom. The highest BCUT2D eigenvalue weighted by molar-refractivity contribution is 5.72. The van der Waals surface area contributed by atoms with Crippen LogP contribution in [0.1, 0.15) is 32.6 Å². The lowest BCUT2D eigenvalue weighted by Gasteiger charge is -2.46. The first-order valence-electron chi connectivity index (χ1n) is 6.31. The summed E-state index contributed by atoms with van der Waals surface area (Å²) in [6.45, 7) is 3.81. The molecule has 2 atom stereocenters. The number of hydrogen-bond donors (Lipinski definition) is 2. The van der Waals surface area contributed by atoms with Crippen molar-refractivity contribution >= 4 is 5.97 Å². The van der Waals surface area contributed by atoms with Crippen molar-refractivity contribution in [1.29, 1.82) is 0 Å². The van der Waals surface area contributed by atoms with E-state index in [1.807, 2.05) is 4.90 Å². The van der Waals surface area contributed by atoms with E-state index in [1.54, 1.807) is 6.92 Å². The van der Waals surface area contributed by atoms with Gasteiger partial charge in [0.2, 0.25) is 0 Å². The van der Waals surface area contributed by atoms with Gasteiger partial charge < -0.3 is 14.9 Å². The van der Waals surface area contributed by atoms with Gasteiger partial charge in [-0.2, -0.15) is 0 Å². The van der Waals surface area contributed by atoms with E-state index in [1.165, 1.54) is 0 Å². The Hall–Kier alpha value is -0.650. The Labute approximate surface area is 101 Å². The van der Waals surface area contributed by atoms with Gasteiger partial charge in [0.1, 0.15) is 6.04 Å². The number of carboxylic acid groups (broad SMARTS) is 1. The molecular weight excluding hydrogens is 222 g/mol. The smallest absolute Gasteiger partial charge is 0.320 e. The van der Waals surface area contributed by atoms with Gasteiger partial charge in [-0.15, -0.1) is 0 Å². The van der Waals surface area contributed by atoms with E-state index < -0.39 is 12.0 Å². The van der Waals surface area contributed by atoms with Gasteiger partial charge in [-0.25, -0.2) is 0 Å². The number of carboxylic acids is 1. The molecule has 0 bridgehead atoms. The Balaban J connectivity index is 1.91. The van der Waals surface area contributed by atoms with Crippen molar-refractivity contribution in [1.82, 2.24) is 4.90 Å². The van der Waals surface area contributed by atoms with Crippen molar-refractivity contribution in [3.63, 3.8) is 0 Å². The largest absolute Gasteiger partial charge is 0.480 e. The Morgan fingerprint density at radius 3 is 2.65 bits per heavy atom. The molecule has 2 saturated heterocycles. The zero-order valence-corrected chi connectivity index (χ0v) is 10.3. The van der Waals surface area contributed by atoms with E-state index in [9.17, 15) is 9.90 Å². The summed E-state index contributed by atoms with van der Waals surface area (Å²) in [5.41, 5.74) is -0.202. The number of piperidine rings is 1. The van der Waals surface area contributed by atoms with Gasteiger partial charge >= 0.3 is 5.97 Å². The van der Waals surface area contributed by atoms with Gasteiger partial charge in [0.05, 0.1) is 11.7 Å². The van der Waals surface area contributed by atoms with Crippen molar-refractivity contribution in [2.24, 2.45) is 0 Å². The van der Waals surface area contributed by atoms with E-state index in [2.05, 4.69) is 0 Å². The second-order valence-corrected chi connectivity index (χ2v) is 5.23. The summed E-state index contributed by atoms with van der Waals surface area (Å²) in [5, 5.41) is 18.7. The van der Waals surface area contributed by atoms with Crippen LogP contribution in [0, 0.1) is 0 Å². The Bertz CT molecular complexity index is 286. The molecule has 2 aliphatic heterocycles. The van der Waals surface area contributed by atoms with Crippen LogP contribution in [0.2, 0.25) is 0 Å². The molecule has 5 heteroatoms. The van der Waals surface area contributed by atoms with Crippen LogP contribution in [0.5, 0.6) is 0 Å². The number of rotatable bonds is 2. The van der Waals surface area contributed by atoms with Gasteiger partial charge in [0.25, 0.3) is 0 Å². The molecule has 98 valence electrons. The Morgan fingerprint density at radius 2 is 2.12 bits per heavy atom. The molecule has 0 unspecified atom stereocenters. The van der Waals surface area contributed by atoms with E-state index >= 15 is 0 Å². The maximum absolute atomic E-state index is 10.9. The summed E-state index contributed by atoms with van der Waals surface area (Å²) >= 11 is 0. The second-order valence-electron chi connectivity index (χ2n) is 5.23. The van der Waals surface area contributed by atoms with Crippen molar-refractivity contribution in [3.05, 3.63) is 0 Å². The summed E-state index contributed by atoms with van der Waals surface area (Å²) in [6.07, 6.45) is 2.80. The number of aliphatic hydroxyl groups excluding tert-OH is 1. The zero-order chi connectivity index (χ0) is 12.5. The zero-order valence-electron chi connectivity index (χ0n) is 10.3. The predicted molar refractivity (Wildman–Crippen MR) is 61.8 cm³/mol. The third kappa shape index (κ3) is 2.78. The summed E-state index contributed by atoms with van der Waals surface area (Å²) in [5.74, 6) is -0.773. The molecule has 0 saturated carbocycles. The first-order valence-corrected chi connectivity index (χ1v) is 6.31. The minimum atomic E-state index is -0.773. The highest BCUT2D eigenvalue weighted by Gasteiger charge is 2.41. The van der Waals surface area contributed by atoms with E-state index in [-0.39, 0.29) is 11.7 Å². The minimum Gasteiger partial charge on any atom is -0.480 e. The topological polar surface area (TPSA) is 70.0 Å². The number of nitrogens with zero attached hydrogens (tertiary/aromatic N) is 1. The van der Waals surface area contributed by atoms with Crippen LogP contribution >= 0.6 is 0 Å². The second kappa shape index (κ2) is 4.92. The molecular formula is C12H21NO4. The number of aliphatic hydroxyl groups is 1. The maximum Gasteiger partial charge on any atom is 0.320 e. The fraction of sp³-hybridized carbons (Fsp3) is 0.917. The van der Waals surface area contributed by atoms with E-state index in [4.69, 9.17) is 9.84 Å². The molecule has 17 heavy (non-hydrogen) atoms. The molecule has 0 aromatic rings. The van der Waals surface area contributed by atoms with E-state index in [0.29, 0.717) is 13.0 Å². The lowest BCUT2D eigenvalue weighted by Crippen LogP contribution is -2.53. The van der Waals surface area contributed by atoms with Crippen LogP contribution in [0.3, 0.4) is 0 Å². The molecule has 0 radical (unpaired) electrons. The number of ether oxygens (including phenoxy) is 1. The number of likely N-dealkylation sites (tertiary alicyclic amines) is 1. The van der Waals surface area contributed by atoms with Gasteiger partial charge in [-0.1, -0.05) is 0 Å². The molecule has 0 aliphatic carbocycles. The summed E-state index contributed by atoms with van der Waals surface area (Å²) in [7, 11) is 0. The van der Waals surface area contributed by atoms with Gasteiger partial charge in [0.15, 0.2) is 0 Å². The molecule has 2 aliphatic rings. The van der Waals surface area contributed by atoms with Crippen molar-refractivity contribution in [2.45, 2.75) is 50.4 Å². The van der Waals surface area contributed by atoms with Crippen LogP contribution in [0.15, 0.2) is 0 Å². The number of hydrogen-bond acceptors (Lipinski definition) is 4. The molecule has 2 N–H and O–H groups in total. The molecule has 0 aromatic carbocycles. The molecule has 5 nitrogen and oxygen atoms in total. The SMILES string of the molecule is C[C@H](C(=O)O)N1CCC2(CC1)C[C@H](O)CCO2. The number of carbonyl (C=O) groups is 1. The first-order chi connectivity index (χ1) is 8.02. The highest BCUT2D eigenvalue weighted by Crippen LogP contribution is 2.35. The number of aliphatic carboxylic acids is 1. The molecule has 2 rings (SSSR count). The standard InChI is InChI=1S/C12H21NO4/c1-9(11(15)16)13-5-3-12(4-6-13)8-10(14)2-7-17-12/h9-10,14H,2-8H2,1H3,(H,15,16)/t9-,10-/m1/s1. The monoisotopic (exact) mass is 243 g/mol. The molecule has 0 aromatic heterocycles. The van der Waals surface area contributed by atoms with Gasteiger partial charge in [-0.3, -0.25) is 9.69 Å². The third-order valence-corrected chi connectivity index (χ3v) is 4.08. The van der Waals surface area contributed by atoms with Gasteiger partial charge in [0, 0.05) is 26.1 Å². The average Bonchev–Trinajstić information content (AvgIpc) is 2.29. The quantitative estimate of drug-likeness (QED) is 0.737. The van der Waals surface area contributed by atoms with Crippen molar-refractivity contribution in [2.75, 3.05) is 19.7 Å². The normalized spacial score (nSPS) is 31.3. The summed E-state index contributed by atoms with van der Waals surface area (Å²) < 4.78 is 5.83. The average molecular weight is 243 g/mol. The highest BCUT2D eigenvalue weighted by atomic mass is 16.5. The van der Waals surface area contributed by atoms with Crippen LogP contribution < -0.4 is 0 Å². The lowest BCUT2D eigenvalue weighted by molar-refractivity contribution is -0.156. The summed E-state index contributed by atoms with van der Waals surface area (Å²) in [4.78, 5) is 12.9. The maximum atomic E-state index is 10.9. The van der Waals surface area contributed by atoms with Crippen LogP contribution in [0.25, 0.3) is 0 Å². The Kier molecular flexibility index (Phi) is 3.70. The van der Waals surface area contributed by atoms with Crippen LogP contribution in [-0.2, 0) is 9.53 Å². The van der Waals surface area contributed by atoms with Crippen molar-refractivity contribution < 1.29 is 19.7 Å². The van der Waals surface area contributed by atoms with E-state index in [0.717, 1.165) is 32.4 Å². The van der Waals surface area contributed by atoms with Gasteiger partial charge in [-0.05, 0) is 26.2 Å². The fourth-order valence-electron chi connectivity index (χ4n) is 2.83. The lowest BCUT2D eigenvalue weighted by atomic mass is 9.83. The molecule has 1 spiro atoms. The first kappa shape index (κ1) is 12.8. The third-order valence-electron chi connectivity index (χ3n) is 4.08. The summed E-state index contributed by atoms with van der Waals surface area (Å²) in [6, 6.07) is -0.430. The minimum absolute atomic E-state index is 0.202. The van der Waals surface area contributed by atoms with Crippen LogP contribution in [0.4, 0.5) is 0 Å². The van der Waals surface area contributed by atoms with Crippen LogP contribution in [-0.4, -0.2) is 58.5 Å². The molecule has 2 heterocycles. The molecule has 0 amide bonds. The molecule has 2 fully saturated rings.